The highest BCUT2D eigenvalue weighted by atomic mass is 32.2. The Kier molecular flexibility index (Phi) is 6.39. The Morgan fingerprint density at radius 1 is 1.19 bits per heavy atom. The summed E-state index contributed by atoms with van der Waals surface area (Å²) in [6.45, 7) is 2.74. The summed E-state index contributed by atoms with van der Waals surface area (Å²) in [5.74, 6) is -1.16. The number of fused-ring (bicyclic) bond motifs is 1. The topological polar surface area (TPSA) is 135 Å². The molecule has 5 heterocycles. The van der Waals surface area contributed by atoms with Crippen LogP contribution >= 0.6 is 0 Å². The van der Waals surface area contributed by atoms with Gasteiger partial charge in [0.05, 0.1) is 23.3 Å². The molecule has 0 saturated carbocycles. The van der Waals surface area contributed by atoms with Gasteiger partial charge in [-0.1, -0.05) is 6.07 Å². The van der Waals surface area contributed by atoms with Crippen molar-refractivity contribution in [2.75, 3.05) is 24.5 Å². The maximum Gasteiger partial charge on any atom is 0.221 e. The van der Waals surface area contributed by atoms with Crippen LogP contribution in [0.5, 0.6) is 0 Å². The lowest BCUT2D eigenvalue weighted by Gasteiger charge is -2.35. The van der Waals surface area contributed by atoms with E-state index in [1.165, 1.54) is 10.4 Å². The summed E-state index contributed by atoms with van der Waals surface area (Å²) < 4.78 is 41.7. The number of carbonyl (C=O) groups is 1. The molecule has 2 unspecified atom stereocenters. The molecule has 0 radical (unpaired) electrons. The Labute approximate surface area is 208 Å². The fourth-order valence-corrected chi connectivity index (χ4v) is 6.24. The zero-order chi connectivity index (χ0) is 25.4. The summed E-state index contributed by atoms with van der Waals surface area (Å²) in [5, 5.41) is 0. The largest absolute Gasteiger partial charge is 0.369 e. The number of hydrogen-bond donors (Lipinski definition) is 1. The zero-order valence-corrected chi connectivity index (χ0v) is 20.5. The number of anilines is 1. The summed E-state index contributed by atoms with van der Waals surface area (Å²) in [7, 11) is -3.79. The summed E-state index contributed by atoms with van der Waals surface area (Å²) in [5.41, 5.74) is 7.91. The summed E-state index contributed by atoms with van der Waals surface area (Å²) in [6, 6.07) is 7.80. The van der Waals surface area contributed by atoms with Gasteiger partial charge in [0.25, 0.3) is 0 Å². The summed E-state index contributed by atoms with van der Waals surface area (Å²) in [4.78, 5) is 31.3. The van der Waals surface area contributed by atoms with E-state index in [0.29, 0.717) is 36.7 Å². The van der Waals surface area contributed by atoms with Crippen molar-refractivity contribution in [1.82, 2.24) is 24.2 Å². The van der Waals surface area contributed by atoms with E-state index in [1.54, 1.807) is 12.4 Å². The van der Waals surface area contributed by atoms with E-state index >= 15 is 0 Å². The molecule has 0 aromatic carbocycles. The highest BCUT2D eigenvalue weighted by Gasteiger charge is 2.35. The molecule has 1 amide bonds. The van der Waals surface area contributed by atoms with E-state index < -0.39 is 33.4 Å². The van der Waals surface area contributed by atoms with Gasteiger partial charge in [0.1, 0.15) is 23.1 Å². The van der Waals surface area contributed by atoms with Crippen LogP contribution in [0.1, 0.15) is 36.3 Å². The van der Waals surface area contributed by atoms with Crippen LogP contribution in [0.4, 0.5) is 10.2 Å². The number of rotatable bonds is 6. The molecule has 36 heavy (non-hydrogen) atoms. The monoisotopic (exact) mass is 511 g/mol. The number of hydrogen-bond acceptors (Lipinski definition) is 8. The lowest BCUT2D eigenvalue weighted by Crippen LogP contribution is -2.36. The molecule has 1 saturated heterocycles. The van der Waals surface area contributed by atoms with Gasteiger partial charge in [-0.05, 0) is 31.5 Å². The van der Waals surface area contributed by atoms with Crippen LogP contribution in [0.15, 0.2) is 42.7 Å². The van der Waals surface area contributed by atoms with Gasteiger partial charge in [0.15, 0.2) is 5.82 Å². The molecule has 3 aromatic rings. The van der Waals surface area contributed by atoms with Crippen LogP contribution in [-0.4, -0.2) is 58.2 Å². The SMILES string of the molecule is CC1c2cnc(-c3ccccn3)nc2CCN1c1cc(F)cc(CS(=O)(=O)N2CCC(C(N)=O)C2)n1. The molecule has 12 heteroatoms. The van der Waals surface area contributed by atoms with Gasteiger partial charge in [-0.25, -0.2) is 32.1 Å². The van der Waals surface area contributed by atoms with Gasteiger partial charge in [-0.2, -0.15) is 0 Å². The number of aromatic nitrogens is 4. The molecule has 10 nitrogen and oxygen atoms in total. The summed E-state index contributed by atoms with van der Waals surface area (Å²) in [6.07, 6.45) is 4.42. The second kappa shape index (κ2) is 9.51. The van der Waals surface area contributed by atoms with Crippen molar-refractivity contribution in [1.29, 1.82) is 0 Å². The number of halogens is 1. The molecule has 188 valence electrons. The quantitative estimate of drug-likeness (QED) is 0.530. The zero-order valence-electron chi connectivity index (χ0n) is 19.7. The van der Waals surface area contributed by atoms with E-state index in [1.807, 2.05) is 30.0 Å². The molecule has 2 aliphatic heterocycles. The minimum atomic E-state index is -3.79. The van der Waals surface area contributed by atoms with Crippen molar-refractivity contribution in [3.63, 3.8) is 0 Å². The van der Waals surface area contributed by atoms with E-state index in [0.717, 1.165) is 17.3 Å². The normalized spacial score (nSPS) is 20.3. The van der Waals surface area contributed by atoms with Crippen LogP contribution in [-0.2, 0) is 27.0 Å². The van der Waals surface area contributed by atoms with Gasteiger partial charge in [-0.3, -0.25) is 9.78 Å². The Morgan fingerprint density at radius 3 is 2.75 bits per heavy atom. The van der Waals surface area contributed by atoms with Crippen LogP contribution in [0, 0.1) is 11.7 Å². The van der Waals surface area contributed by atoms with Gasteiger partial charge in [0.2, 0.25) is 15.9 Å². The predicted molar refractivity (Wildman–Crippen MR) is 130 cm³/mol. The van der Waals surface area contributed by atoms with E-state index in [4.69, 9.17) is 10.7 Å². The van der Waals surface area contributed by atoms with Gasteiger partial charge >= 0.3 is 0 Å². The highest BCUT2D eigenvalue weighted by Crippen LogP contribution is 2.33. The van der Waals surface area contributed by atoms with Crippen molar-refractivity contribution >= 4 is 21.7 Å². The van der Waals surface area contributed by atoms with Crippen molar-refractivity contribution in [2.45, 2.75) is 31.6 Å². The van der Waals surface area contributed by atoms with Gasteiger partial charge in [-0.15, -0.1) is 0 Å². The molecule has 5 rings (SSSR count). The smallest absolute Gasteiger partial charge is 0.221 e. The van der Waals surface area contributed by atoms with Gasteiger partial charge < -0.3 is 10.6 Å². The first kappa shape index (κ1) is 24.2. The van der Waals surface area contributed by atoms with Crippen molar-refractivity contribution in [3.05, 3.63) is 65.5 Å². The molecular weight excluding hydrogens is 485 g/mol. The Balaban J connectivity index is 1.37. The maximum absolute atomic E-state index is 14.6. The second-order valence-corrected chi connectivity index (χ2v) is 11.0. The number of carbonyl (C=O) groups excluding carboxylic acids is 1. The third-order valence-corrected chi connectivity index (χ3v) is 8.48. The molecule has 0 spiro atoms. The number of primary amides is 1. The third-order valence-electron chi connectivity index (χ3n) is 6.70. The molecule has 3 aromatic heterocycles. The Hall–Kier alpha value is -3.51. The third kappa shape index (κ3) is 4.78. The number of nitrogens with two attached hydrogens (primary N) is 1. The van der Waals surface area contributed by atoms with Gasteiger partial charge in [0, 0.05) is 50.1 Å². The lowest BCUT2D eigenvalue weighted by molar-refractivity contribution is -0.121. The van der Waals surface area contributed by atoms with E-state index in [-0.39, 0.29) is 24.8 Å². The molecule has 0 bridgehead atoms. The molecule has 2 aliphatic rings. The van der Waals surface area contributed by atoms with Crippen molar-refractivity contribution < 1.29 is 17.6 Å². The van der Waals surface area contributed by atoms with E-state index in [2.05, 4.69) is 15.0 Å². The minimum Gasteiger partial charge on any atom is -0.369 e. The molecule has 0 aliphatic carbocycles. The second-order valence-electron chi connectivity index (χ2n) is 9.07. The van der Waals surface area contributed by atoms with Crippen molar-refractivity contribution in [3.8, 4) is 11.5 Å². The summed E-state index contributed by atoms with van der Waals surface area (Å²) >= 11 is 0. The van der Waals surface area contributed by atoms with Crippen molar-refractivity contribution in [2.24, 2.45) is 11.7 Å². The fourth-order valence-electron chi connectivity index (χ4n) is 4.74. The first-order chi connectivity index (χ1) is 17.2. The Bertz CT molecular complexity index is 1400. The highest BCUT2D eigenvalue weighted by molar-refractivity contribution is 7.88. The number of amides is 1. The van der Waals surface area contributed by atoms with Crippen LogP contribution in [0.3, 0.4) is 0 Å². The fraction of sp³-hybridized carbons (Fsp3) is 0.375. The molecule has 1 fully saturated rings. The van der Waals surface area contributed by atoms with Crippen LogP contribution in [0.2, 0.25) is 0 Å². The first-order valence-electron chi connectivity index (χ1n) is 11.7. The molecule has 2 atom stereocenters. The molecule has 2 N–H and O–H groups in total. The number of nitrogens with zero attached hydrogens (tertiary/aromatic N) is 6. The molecular formula is C24H26FN7O3S. The average molecular weight is 512 g/mol. The predicted octanol–water partition coefficient (Wildman–Crippen LogP) is 1.83. The Morgan fingerprint density at radius 2 is 2.03 bits per heavy atom. The lowest BCUT2D eigenvalue weighted by atomic mass is 9.99. The first-order valence-corrected chi connectivity index (χ1v) is 13.3. The number of sulfonamides is 1. The number of pyridine rings is 2. The van der Waals surface area contributed by atoms with Crippen LogP contribution < -0.4 is 10.6 Å². The van der Waals surface area contributed by atoms with Crippen LogP contribution in [0.25, 0.3) is 11.5 Å². The standard InChI is InChI=1S/C24H26FN7O3S/c1-15-19-12-28-24(21-4-2-3-7-27-21)30-20(19)6-9-32(15)22-11-17(25)10-18(29-22)14-36(34,35)31-8-5-16(13-31)23(26)33/h2-4,7,10-12,15-16H,5-6,8-9,13-14H2,1H3,(H2,26,33). The average Bonchev–Trinajstić information content (AvgIpc) is 3.36. The maximum atomic E-state index is 14.6. The van der Waals surface area contributed by atoms with E-state index in [9.17, 15) is 17.6 Å². The minimum absolute atomic E-state index is 0.0419.